The summed E-state index contributed by atoms with van der Waals surface area (Å²) in [6, 6.07) is 0. The van der Waals surface area contributed by atoms with Gasteiger partial charge in [-0.1, -0.05) is 34.8 Å². The van der Waals surface area contributed by atoms with Crippen molar-refractivity contribution >= 4 is 82.5 Å². The normalized spacial score (nSPS) is 29.3. The first kappa shape index (κ1) is 42.7. The summed E-state index contributed by atoms with van der Waals surface area (Å²) in [7, 11) is 0. The van der Waals surface area contributed by atoms with Crippen molar-refractivity contribution in [2.24, 2.45) is 0 Å². The molecule has 22 heteroatoms. The molecule has 0 unspecified atom stereocenters. The Morgan fingerprint density at radius 1 is 0.500 bits per heavy atom. The molecule has 0 aromatic rings. The number of hydrogen-bond donors (Lipinski definition) is 1. The minimum atomic E-state index is -2.45. The number of esters is 7. The number of alkyl halides is 3. The molecule has 0 amide bonds. The van der Waals surface area contributed by atoms with Crippen LogP contribution in [0.3, 0.4) is 0 Å². The van der Waals surface area contributed by atoms with Gasteiger partial charge in [-0.05, 0) is 0 Å². The summed E-state index contributed by atoms with van der Waals surface area (Å²) in [5.74, 6) is -7.29. The number of ether oxygens (including phenoxy) is 11. The Labute approximate surface area is 300 Å². The maximum Gasteiger partial charge on any atom is 0.303 e. The second-order valence-electron chi connectivity index (χ2n) is 10.6. The molecular formula is C28H36Cl3NO18. The Morgan fingerprint density at radius 2 is 0.840 bits per heavy atom. The van der Waals surface area contributed by atoms with E-state index in [0.29, 0.717) is 0 Å². The number of rotatable bonds is 12. The van der Waals surface area contributed by atoms with Crippen LogP contribution in [0.1, 0.15) is 48.5 Å². The van der Waals surface area contributed by atoms with E-state index in [4.69, 9.17) is 92.3 Å². The summed E-state index contributed by atoms with van der Waals surface area (Å²) < 4.78 is 57.7. The summed E-state index contributed by atoms with van der Waals surface area (Å²) in [4.78, 5) is 84.5. The molecule has 0 aromatic heterocycles. The molecule has 2 fully saturated rings. The molecule has 0 bridgehead atoms. The van der Waals surface area contributed by atoms with Crippen LogP contribution in [0.5, 0.6) is 0 Å². The zero-order chi connectivity index (χ0) is 38.1. The highest BCUT2D eigenvalue weighted by Crippen LogP contribution is 2.35. The maximum atomic E-state index is 12.2. The minimum absolute atomic E-state index is 0.568. The van der Waals surface area contributed by atoms with Crippen LogP contribution in [0.25, 0.3) is 0 Å². The fraction of sp³-hybridized carbons (Fsp3) is 0.714. The average molecular weight is 781 g/mol. The van der Waals surface area contributed by atoms with Crippen molar-refractivity contribution in [3.05, 3.63) is 0 Å². The van der Waals surface area contributed by atoms with Crippen molar-refractivity contribution in [1.82, 2.24) is 0 Å². The van der Waals surface area contributed by atoms with Crippen LogP contribution in [0.2, 0.25) is 0 Å². The van der Waals surface area contributed by atoms with E-state index in [1.165, 1.54) is 0 Å². The van der Waals surface area contributed by atoms with Crippen LogP contribution in [-0.4, -0.2) is 126 Å². The van der Waals surface area contributed by atoms with Gasteiger partial charge in [0.15, 0.2) is 36.8 Å². The lowest BCUT2D eigenvalue weighted by Gasteiger charge is -2.46. The van der Waals surface area contributed by atoms with Crippen molar-refractivity contribution in [3.63, 3.8) is 0 Å². The zero-order valence-electron chi connectivity index (χ0n) is 27.7. The third-order valence-corrected chi connectivity index (χ3v) is 6.88. The van der Waals surface area contributed by atoms with E-state index in [2.05, 4.69) is 0 Å². The summed E-state index contributed by atoms with van der Waals surface area (Å²) in [5.41, 5.74) is 0. The molecule has 19 nitrogen and oxygen atoms in total. The minimum Gasteiger partial charge on any atom is -0.463 e. The van der Waals surface area contributed by atoms with E-state index in [-0.39, 0.29) is 0 Å². The van der Waals surface area contributed by atoms with Gasteiger partial charge in [0.1, 0.15) is 18.8 Å². The van der Waals surface area contributed by atoms with Gasteiger partial charge in [-0.15, -0.1) is 0 Å². The Balaban J connectivity index is 2.62. The molecule has 0 radical (unpaired) electrons. The quantitative estimate of drug-likeness (QED) is 0.0953. The molecule has 2 aliphatic rings. The molecule has 2 saturated heterocycles. The monoisotopic (exact) mass is 779 g/mol. The third-order valence-electron chi connectivity index (χ3n) is 6.36. The number of nitrogens with one attached hydrogen (secondary N) is 1. The molecule has 2 rings (SSSR count). The van der Waals surface area contributed by atoms with Gasteiger partial charge in [0.25, 0.3) is 3.79 Å². The zero-order valence-corrected chi connectivity index (χ0v) is 29.9. The van der Waals surface area contributed by atoms with Crippen LogP contribution in [0.4, 0.5) is 0 Å². The largest absolute Gasteiger partial charge is 0.463 e. The predicted octanol–water partition coefficient (Wildman–Crippen LogP) is 0.970. The first-order valence-electron chi connectivity index (χ1n) is 14.5. The lowest BCUT2D eigenvalue weighted by Crippen LogP contribution is -2.65. The number of carbonyl (C=O) groups is 7. The van der Waals surface area contributed by atoms with Crippen LogP contribution in [0.15, 0.2) is 0 Å². The summed E-state index contributed by atoms with van der Waals surface area (Å²) in [6.07, 6.45) is -16.3. The number of carbonyl (C=O) groups excluding carboxylic acids is 7. The Bertz CT molecular complexity index is 1310. The first-order valence-corrected chi connectivity index (χ1v) is 15.7. The van der Waals surface area contributed by atoms with Gasteiger partial charge in [-0.2, -0.15) is 0 Å². The standard InChI is InChI=1S/C28H36Cl3NO18/c1-10(33)40-8-17-19(42-11(2)34)21(44-13(4)36)23(46-15(6)38)25(48-17)41-9-18-20(43-12(3)35)22(45-14(5)37)24(47-16(7)39)26(49-18)50-27(32)28(29,30)31/h17-26,32H,8-9H2,1-7H3/t17-,18-,19+,20+,21+,22+,23-,24-,25-,26-/m1/s1. The smallest absolute Gasteiger partial charge is 0.303 e. The highest BCUT2D eigenvalue weighted by Gasteiger charge is 2.56. The molecule has 0 spiro atoms. The van der Waals surface area contributed by atoms with Gasteiger partial charge in [0, 0.05) is 48.5 Å². The summed E-state index contributed by atoms with van der Waals surface area (Å²) in [5, 5.41) is 8.03. The molecule has 0 saturated carbocycles. The molecular weight excluding hydrogens is 745 g/mol. The van der Waals surface area contributed by atoms with Crippen molar-refractivity contribution in [3.8, 4) is 0 Å². The van der Waals surface area contributed by atoms with Gasteiger partial charge < -0.3 is 52.1 Å². The fourth-order valence-corrected chi connectivity index (χ4v) is 4.91. The molecule has 0 aromatic carbocycles. The highest BCUT2D eigenvalue weighted by atomic mass is 35.6. The van der Waals surface area contributed by atoms with Gasteiger partial charge >= 0.3 is 41.8 Å². The van der Waals surface area contributed by atoms with Gasteiger partial charge in [0.05, 0.1) is 6.61 Å². The molecule has 10 atom stereocenters. The van der Waals surface area contributed by atoms with Crippen LogP contribution >= 0.6 is 34.8 Å². The van der Waals surface area contributed by atoms with Crippen LogP contribution < -0.4 is 0 Å². The van der Waals surface area contributed by atoms with E-state index in [0.717, 1.165) is 48.5 Å². The van der Waals surface area contributed by atoms with E-state index >= 15 is 0 Å². The SMILES string of the molecule is CC(=O)OC[C@H]1O[C@@H](OC[C@H]2O[C@H](OC(=N)C(Cl)(Cl)Cl)[C@H](OC(C)=O)[C@@H](OC(C)=O)[C@H]2OC(C)=O)[C@H](OC(C)=O)[C@@H](OC(C)=O)[C@H]1OC(C)=O. The van der Waals surface area contributed by atoms with Gasteiger partial charge in [0.2, 0.25) is 18.3 Å². The molecule has 50 heavy (non-hydrogen) atoms. The average Bonchev–Trinajstić information content (AvgIpc) is 2.94. The number of hydrogen-bond acceptors (Lipinski definition) is 19. The van der Waals surface area contributed by atoms with Gasteiger partial charge in [-0.3, -0.25) is 39.0 Å². The third kappa shape index (κ3) is 13.0. The Kier molecular flexibility index (Phi) is 15.9. The summed E-state index contributed by atoms with van der Waals surface area (Å²) >= 11 is 17.3. The van der Waals surface area contributed by atoms with Crippen molar-refractivity contribution in [2.75, 3.05) is 13.2 Å². The molecule has 1 N–H and O–H groups in total. The molecule has 2 aliphatic heterocycles. The molecule has 282 valence electrons. The van der Waals surface area contributed by atoms with E-state index in [1.807, 2.05) is 0 Å². The van der Waals surface area contributed by atoms with Crippen molar-refractivity contribution in [1.29, 1.82) is 5.41 Å². The second kappa shape index (κ2) is 18.7. The van der Waals surface area contributed by atoms with E-state index in [9.17, 15) is 33.6 Å². The predicted molar refractivity (Wildman–Crippen MR) is 162 cm³/mol. The second-order valence-corrected chi connectivity index (χ2v) is 12.9. The van der Waals surface area contributed by atoms with Crippen LogP contribution in [0, 0.1) is 5.41 Å². The topological polar surface area (TPSA) is 245 Å². The van der Waals surface area contributed by atoms with Gasteiger partial charge in [-0.25, -0.2) is 0 Å². The Morgan fingerprint density at radius 3 is 1.22 bits per heavy atom. The summed E-state index contributed by atoms with van der Waals surface area (Å²) in [6.45, 7) is 5.83. The first-order chi connectivity index (χ1) is 23.1. The van der Waals surface area contributed by atoms with E-state index < -0.39 is 126 Å². The Hall–Kier alpha value is -3.49. The van der Waals surface area contributed by atoms with Crippen molar-refractivity contribution < 1.29 is 85.7 Å². The molecule has 2 heterocycles. The lowest BCUT2D eigenvalue weighted by atomic mass is 9.97. The number of halogens is 3. The highest BCUT2D eigenvalue weighted by molar-refractivity contribution is 6.76. The molecule has 0 aliphatic carbocycles. The van der Waals surface area contributed by atoms with Crippen LogP contribution in [-0.2, 0) is 85.7 Å². The van der Waals surface area contributed by atoms with E-state index in [1.54, 1.807) is 0 Å². The maximum absolute atomic E-state index is 12.2. The lowest BCUT2D eigenvalue weighted by molar-refractivity contribution is -0.328. The fourth-order valence-electron chi connectivity index (χ4n) is 4.78. The van der Waals surface area contributed by atoms with Crippen molar-refractivity contribution in [2.45, 2.75) is 114 Å².